The molecule has 1 spiro atoms. The van der Waals surface area contributed by atoms with Gasteiger partial charge in [-0.25, -0.2) is 0 Å². The molecule has 0 radical (unpaired) electrons. The molecular weight excluding hydrogens is 462 g/mol. The molecule has 2 aromatic carbocycles. The Morgan fingerprint density at radius 2 is 1.59 bits per heavy atom. The van der Waals surface area contributed by atoms with Crippen molar-refractivity contribution in [2.24, 2.45) is 0 Å². The van der Waals surface area contributed by atoms with E-state index in [0.717, 1.165) is 43.8 Å². The molecule has 0 unspecified atom stereocenters. The molecule has 37 heavy (non-hydrogen) atoms. The Morgan fingerprint density at radius 1 is 0.892 bits per heavy atom. The van der Waals surface area contributed by atoms with E-state index in [-0.39, 0.29) is 11.8 Å². The smallest absolute Gasteiger partial charge is 0.246 e. The molecule has 200 valence electrons. The fourth-order valence-corrected chi connectivity index (χ4v) is 5.87. The summed E-state index contributed by atoms with van der Waals surface area (Å²) in [7, 11) is 1.64. The Hall–Kier alpha value is -2.86. The van der Waals surface area contributed by atoms with Crippen molar-refractivity contribution in [2.45, 2.75) is 76.3 Å². The van der Waals surface area contributed by atoms with Crippen LogP contribution in [0.15, 0.2) is 54.6 Å². The Labute approximate surface area is 222 Å². The maximum Gasteiger partial charge on any atom is 0.246 e. The number of amides is 2. The number of rotatable bonds is 12. The first-order chi connectivity index (χ1) is 18.1. The molecule has 1 atom stereocenters. The van der Waals surface area contributed by atoms with Crippen LogP contribution in [-0.4, -0.2) is 66.5 Å². The van der Waals surface area contributed by atoms with Crippen molar-refractivity contribution in [2.75, 3.05) is 33.3 Å². The topological polar surface area (TPSA) is 61.9 Å². The normalized spacial score (nSPS) is 19.7. The average molecular weight is 506 g/mol. The van der Waals surface area contributed by atoms with E-state index >= 15 is 0 Å². The van der Waals surface area contributed by atoms with Gasteiger partial charge in [-0.15, -0.1) is 0 Å². The highest BCUT2D eigenvalue weighted by molar-refractivity contribution is 6.00. The highest BCUT2D eigenvalue weighted by atomic mass is 16.5. The predicted molar refractivity (Wildman–Crippen MR) is 148 cm³/mol. The summed E-state index contributed by atoms with van der Waals surface area (Å²) >= 11 is 0. The van der Waals surface area contributed by atoms with Crippen LogP contribution in [-0.2, 0) is 22.4 Å². The number of carbonyl (C=O) groups excluding carboxylic acids is 2. The number of carbonyl (C=O) groups is 2. The SMILES string of the molecule is CCCN1C(=O)[C@H](Cc2ccc(OC)cc2)NC(=O)C12CCN(CCCCCCc1ccccc1)CC2. The lowest BCUT2D eigenvalue weighted by Gasteiger charge is -2.51. The second kappa shape index (κ2) is 13.1. The van der Waals surface area contributed by atoms with Gasteiger partial charge in [0.25, 0.3) is 0 Å². The third-order valence-corrected chi connectivity index (χ3v) is 8.07. The zero-order valence-electron chi connectivity index (χ0n) is 22.6. The Morgan fingerprint density at radius 3 is 2.27 bits per heavy atom. The number of unbranched alkanes of at least 4 members (excludes halogenated alkanes) is 3. The molecule has 2 aliphatic rings. The van der Waals surface area contributed by atoms with Crippen LogP contribution >= 0.6 is 0 Å². The lowest BCUT2D eigenvalue weighted by atomic mass is 9.81. The Balaban J connectivity index is 1.26. The zero-order valence-corrected chi connectivity index (χ0v) is 22.6. The second-order valence-electron chi connectivity index (χ2n) is 10.6. The van der Waals surface area contributed by atoms with Gasteiger partial charge in [-0.05, 0) is 68.3 Å². The van der Waals surface area contributed by atoms with Crippen LogP contribution in [0.25, 0.3) is 0 Å². The Kier molecular flexibility index (Phi) is 9.62. The number of methoxy groups -OCH3 is 1. The molecule has 0 aromatic heterocycles. The molecular formula is C31H43N3O3. The molecule has 1 N–H and O–H groups in total. The van der Waals surface area contributed by atoms with Gasteiger partial charge in [-0.2, -0.15) is 0 Å². The van der Waals surface area contributed by atoms with Crippen molar-refractivity contribution in [3.05, 3.63) is 65.7 Å². The lowest BCUT2D eigenvalue weighted by Crippen LogP contribution is -2.73. The number of nitrogens with zero attached hydrogens (tertiary/aromatic N) is 2. The van der Waals surface area contributed by atoms with E-state index in [1.54, 1.807) is 7.11 Å². The number of piperazine rings is 1. The van der Waals surface area contributed by atoms with Crippen molar-refractivity contribution >= 4 is 11.8 Å². The molecule has 4 rings (SSSR count). The number of benzene rings is 2. The zero-order chi connectivity index (χ0) is 26.1. The number of hydrogen-bond donors (Lipinski definition) is 1. The predicted octanol–water partition coefficient (Wildman–Crippen LogP) is 4.61. The summed E-state index contributed by atoms with van der Waals surface area (Å²) in [6.45, 7) is 5.53. The van der Waals surface area contributed by atoms with Crippen LogP contribution < -0.4 is 10.1 Å². The molecule has 6 nitrogen and oxygen atoms in total. The summed E-state index contributed by atoms with van der Waals surface area (Å²) in [6.07, 6.45) is 8.86. The first kappa shape index (κ1) is 27.2. The van der Waals surface area contributed by atoms with Crippen LogP contribution in [0.4, 0.5) is 0 Å². The van der Waals surface area contributed by atoms with Crippen LogP contribution in [0.3, 0.4) is 0 Å². The maximum atomic E-state index is 13.6. The van der Waals surface area contributed by atoms with Gasteiger partial charge in [-0.3, -0.25) is 9.59 Å². The van der Waals surface area contributed by atoms with Gasteiger partial charge in [0.15, 0.2) is 0 Å². The van der Waals surface area contributed by atoms with Crippen molar-refractivity contribution in [1.82, 2.24) is 15.1 Å². The van der Waals surface area contributed by atoms with Crippen molar-refractivity contribution in [1.29, 1.82) is 0 Å². The van der Waals surface area contributed by atoms with Gasteiger partial charge >= 0.3 is 0 Å². The third kappa shape index (κ3) is 6.72. The van der Waals surface area contributed by atoms with E-state index in [4.69, 9.17) is 4.74 Å². The van der Waals surface area contributed by atoms with Crippen LogP contribution in [0.2, 0.25) is 0 Å². The molecule has 6 heteroatoms. The molecule has 2 amide bonds. The summed E-state index contributed by atoms with van der Waals surface area (Å²) in [5, 5.41) is 3.11. The molecule has 2 heterocycles. The van der Waals surface area contributed by atoms with Crippen LogP contribution in [0.1, 0.15) is 63.0 Å². The molecule has 2 saturated heterocycles. The second-order valence-corrected chi connectivity index (χ2v) is 10.6. The summed E-state index contributed by atoms with van der Waals surface area (Å²) < 4.78 is 5.24. The monoisotopic (exact) mass is 505 g/mol. The number of nitrogens with one attached hydrogen (secondary N) is 1. The lowest BCUT2D eigenvalue weighted by molar-refractivity contribution is -0.161. The quantitative estimate of drug-likeness (QED) is 0.428. The average Bonchev–Trinajstić information content (AvgIpc) is 2.93. The molecule has 2 aromatic rings. The van der Waals surface area contributed by atoms with Crippen molar-refractivity contribution < 1.29 is 14.3 Å². The molecule has 0 saturated carbocycles. The number of likely N-dealkylation sites (tertiary alicyclic amines) is 1. The molecule has 0 bridgehead atoms. The standard InChI is InChI=1S/C31H43N3O3/c1-3-20-34-29(35)28(24-26-14-16-27(37-2)17-15-26)32-30(36)31(34)18-22-33(23-19-31)21-10-5-4-7-11-25-12-8-6-9-13-25/h6,8-9,12-17,28H,3-5,7,10-11,18-24H2,1-2H3,(H,32,36)/t28-/m0/s1. The first-order valence-electron chi connectivity index (χ1n) is 14.1. The minimum Gasteiger partial charge on any atom is -0.497 e. The van der Waals surface area contributed by atoms with Crippen LogP contribution in [0, 0.1) is 0 Å². The van der Waals surface area contributed by atoms with Gasteiger partial charge in [-0.1, -0.05) is 62.2 Å². The fourth-order valence-electron chi connectivity index (χ4n) is 5.87. The van der Waals surface area contributed by atoms with Gasteiger partial charge in [0.2, 0.25) is 11.8 Å². The van der Waals surface area contributed by atoms with Gasteiger partial charge in [0, 0.05) is 26.1 Å². The summed E-state index contributed by atoms with van der Waals surface area (Å²) in [4.78, 5) is 31.5. The minimum absolute atomic E-state index is 0.0274. The first-order valence-corrected chi connectivity index (χ1v) is 14.1. The van der Waals surface area contributed by atoms with E-state index in [0.29, 0.717) is 25.8 Å². The van der Waals surface area contributed by atoms with E-state index < -0.39 is 11.6 Å². The van der Waals surface area contributed by atoms with E-state index in [1.165, 1.54) is 31.2 Å². The van der Waals surface area contributed by atoms with Crippen LogP contribution in [0.5, 0.6) is 5.75 Å². The Bertz CT molecular complexity index is 1000. The van der Waals surface area contributed by atoms with E-state index in [9.17, 15) is 9.59 Å². The number of ether oxygens (including phenoxy) is 1. The molecule has 2 aliphatic heterocycles. The van der Waals surface area contributed by atoms with E-state index in [2.05, 4.69) is 47.5 Å². The largest absolute Gasteiger partial charge is 0.497 e. The van der Waals surface area contributed by atoms with Gasteiger partial charge < -0.3 is 19.9 Å². The summed E-state index contributed by atoms with van der Waals surface area (Å²) in [5.74, 6) is 0.872. The van der Waals surface area contributed by atoms with Gasteiger partial charge in [0.1, 0.15) is 17.3 Å². The van der Waals surface area contributed by atoms with E-state index in [1.807, 2.05) is 29.2 Å². The highest BCUT2D eigenvalue weighted by Crippen LogP contribution is 2.34. The minimum atomic E-state index is -0.699. The number of hydrogen-bond acceptors (Lipinski definition) is 4. The highest BCUT2D eigenvalue weighted by Gasteiger charge is 2.53. The molecule has 2 fully saturated rings. The van der Waals surface area contributed by atoms with Gasteiger partial charge in [0.05, 0.1) is 7.11 Å². The third-order valence-electron chi connectivity index (χ3n) is 8.07. The number of piperidine rings is 1. The fraction of sp³-hybridized carbons (Fsp3) is 0.548. The summed E-state index contributed by atoms with van der Waals surface area (Å²) in [5.41, 5.74) is 1.74. The maximum absolute atomic E-state index is 13.6. The van der Waals surface area contributed by atoms with Crippen molar-refractivity contribution in [3.63, 3.8) is 0 Å². The van der Waals surface area contributed by atoms with Crippen molar-refractivity contribution in [3.8, 4) is 5.75 Å². The molecule has 0 aliphatic carbocycles. The number of aryl methyl sites for hydroxylation is 1. The summed E-state index contributed by atoms with van der Waals surface area (Å²) in [6, 6.07) is 17.9.